The van der Waals surface area contributed by atoms with Gasteiger partial charge in [-0.25, -0.2) is 0 Å². The summed E-state index contributed by atoms with van der Waals surface area (Å²) in [5, 5.41) is 30.8. The highest BCUT2D eigenvalue weighted by molar-refractivity contribution is 5.70. The second-order valence-corrected chi connectivity index (χ2v) is 4.20. The van der Waals surface area contributed by atoms with Crippen molar-refractivity contribution < 1.29 is 29.4 Å². The van der Waals surface area contributed by atoms with Gasteiger partial charge in [-0.05, 0) is 19.1 Å². The molecular weight excluding hydrogens is 282 g/mol. The number of aliphatic hydroxyl groups excluding tert-OH is 2. The smallest absolute Gasteiger partial charge is 0.308 e. The molecular formula is C13H17NO7. The maximum absolute atomic E-state index is 11.3. The number of nitro groups is 1. The van der Waals surface area contributed by atoms with Gasteiger partial charge >= 0.3 is 5.97 Å². The lowest BCUT2D eigenvalue weighted by Gasteiger charge is -2.18. The molecule has 0 saturated carbocycles. The molecule has 1 aromatic carbocycles. The third kappa shape index (κ3) is 4.40. The van der Waals surface area contributed by atoms with E-state index in [1.54, 1.807) is 6.92 Å². The fourth-order valence-corrected chi connectivity index (χ4v) is 1.77. The molecule has 0 radical (unpaired) electrons. The van der Waals surface area contributed by atoms with Gasteiger partial charge in [0, 0.05) is 6.07 Å². The number of nitrogens with zero attached hydrogens (tertiary/aromatic N) is 1. The number of methoxy groups -OCH3 is 1. The number of nitro benzene ring substituents is 1. The Kier molecular flexibility index (Phi) is 6.07. The van der Waals surface area contributed by atoms with Crippen molar-refractivity contribution in [3.05, 3.63) is 33.9 Å². The van der Waals surface area contributed by atoms with Crippen LogP contribution in [0.1, 0.15) is 25.0 Å². The van der Waals surface area contributed by atoms with Crippen LogP contribution in [0.3, 0.4) is 0 Å². The van der Waals surface area contributed by atoms with Crippen LogP contribution in [0, 0.1) is 10.1 Å². The van der Waals surface area contributed by atoms with E-state index < -0.39 is 29.5 Å². The first-order valence-corrected chi connectivity index (χ1v) is 6.24. The van der Waals surface area contributed by atoms with Crippen LogP contribution in [-0.2, 0) is 9.53 Å². The monoisotopic (exact) mass is 299 g/mol. The van der Waals surface area contributed by atoms with Crippen LogP contribution < -0.4 is 4.74 Å². The molecule has 0 bridgehead atoms. The second-order valence-electron chi connectivity index (χ2n) is 4.20. The van der Waals surface area contributed by atoms with Crippen LogP contribution in [0.15, 0.2) is 18.2 Å². The minimum absolute atomic E-state index is 0.129. The van der Waals surface area contributed by atoms with Crippen LogP contribution >= 0.6 is 0 Å². The van der Waals surface area contributed by atoms with Crippen LogP contribution in [0.25, 0.3) is 0 Å². The number of benzene rings is 1. The second kappa shape index (κ2) is 7.55. The van der Waals surface area contributed by atoms with E-state index in [9.17, 15) is 25.1 Å². The first kappa shape index (κ1) is 16.9. The maximum atomic E-state index is 11.3. The van der Waals surface area contributed by atoms with Gasteiger partial charge in [0.15, 0.2) is 0 Å². The predicted octanol–water partition coefficient (Wildman–Crippen LogP) is 0.951. The van der Waals surface area contributed by atoms with Crippen molar-refractivity contribution in [3.8, 4) is 5.75 Å². The predicted molar refractivity (Wildman–Crippen MR) is 71.9 cm³/mol. The summed E-state index contributed by atoms with van der Waals surface area (Å²) in [6, 6.07) is 3.78. The van der Waals surface area contributed by atoms with Gasteiger partial charge in [0.05, 0.1) is 36.7 Å². The normalized spacial score (nSPS) is 13.3. The number of esters is 1. The van der Waals surface area contributed by atoms with Gasteiger partial charge in [0.25, 0.3) is 5.69 Å². The van der Waals surface area contributed by atoms with Crippen LogP contribution in [0.2, 0.25) is 0 Å². The largest absolute Gasteiger partial charge is 0.497 e. The summed E-state index contributed by atoms with van der Waals surface area (Å²) >= 11 is 0. The number of carbonyl (C=O) groups is 1. The van der Waals surface area contributed by atoms with Crippen molar-refractivity contribution in [2.24, 2.45) is 0 Å². The van der Waals surface area contributed by atoms with Crippen LogP contribution in [0.5, 0.6) is 5.75 Å². The molecule has 0 saturated heterocycles. The number of rotatable bonds is 7. The topological polar surface area (TPSA) is 119 Å². The van der Waals surface area contributed by atoms with Gasteiger partial charge < -0.3 is 19.7 Å². The van der Waals surface area contributed by atoms with Crippen molar-refractivity contribution in [3.63, 3.8) is 0 Å². The molecule has 0 amide bonds. The van der Waals surface area contributed by atoms with Gasteiger partial charge in [-0.2, -0.15) is 0 Å². The zero-order valence-electron chi connectivity index (χ0n) is 11.7. The fourth-order valence-electron chi connectivity index (χ4n) is 1.77. The molecule has 0 aromatic heterocycles. The molecule has 0 aliphatic heterocycles. The molecule has 0 spiro atoms. The average molecular weight is 299 g/mol. The van der Waals surface area contributed by atoms with Crippen molar-refractivity contribution in [1.29, 1.82) is 0 Å². The van der Waals surface area contributed by atoms with E-state index in [4.69, 9.17) is 4.74 Å². The fraction of sp³-hybridized carbons (Fsp3) is 0.462. The lowest BCUT2D eigenvalue weighted by Crippen LogP contribution is -2.23. The van der Waals surface area contributed by atoms with Gasteiger partial charge in [0.2, 0.25) is 0 Å². The average Bonchev–Trinajstić information content (AvgIpc) is 2.45. The molecule has 21 heavy (non-hydrogen) atoms. The molecule has 8 nitrogen and oxygen atoms in total. The molecule has 2 N–H and O–H groups in total. The molecule has 2 atom stereocenters. The Bertz CT molecular complexity index is 517. The first-order chi connectivity index (χ1) is 9.90. The van der Waals surface area contributed by atoms with Crippen molar-refractivity contribution in [1.82, 2.24) is 0 Å². The Morgan fingerprint density at radius 3 is 2.62 bits per heavy atom. The Morgan fingerprint density at radius 2 is 2.10 bits per heavy atom. The molecule has 0 aliphatic carbocycles. The van der Waals surface area contributed by atoms with E-state index in [1.807, 2.05) is 0 Å². The van der Waals surface area contributed by atoms with Gasteiger partial charge in [-0.3, -0.25) is 14.9 Å². The minimum Gasteiger partial charge on any atom is -0.497 e. The van der Waals surface area contributed by atoms with E-state index in [1.165, 1.54) is 19.2 Å². The summed E-state index contributed by atoms with van der Waals surface area (Å²) in [4.78, 5) is 21.5. The van der Waals surface area contributed by atoms with E-state index in [-0.39, 0.29) is 23.6 Å². The van der Waals surface area contributed by atoms with E-state index >= 15 is 0 Å². The Balaban J connectivity index is 3.01. The molecule has 0 aliphatic rings. The zero-order chi connectivity index (χ0) is 16.0. The number of aliphatic hydroxyl groups is 2. The highest BCUT2D eigenvalue weighted by Crippen LogP contribution is 2.31. The standard InChI is InChI=1S/C13H17NO7/c1-3-21-12(16)7-11(15)13(17)9-6-8(20-2)4-5-10(9)14(18)19/h4-6,11,13,15,17H,3,7H2,1-2H3. The van der Waals surface area contributed by atoms with Gasteiger partial charge in [-0.15, -0.1) is 0 Å². The van der Waals surface area contributed by atoms with Crippen molar-refractivity contribution in [2.45, 2.75) is 25.6 Å². The minimum atomic E-state index is -1.61. The SMILES string of the molecule is CCOC(=O)CC(O)C(O)c1cc(OC)ccc1[N+](=O)[O-]. The molecule has 8 heteroatoms. The van der Waals surface area contributed by atoms with Crippen LogP contribution in [0.4, 0.5) is 5.69 Å². The van der Waals surface area contributed by atoms with E-state index in [0.29, 0.717) is 0 Å². The molecule has 0 fully saturated rings. The molecule has 1 aromatic rings. The quantitative estimate of drug-likeness (QED) is 0.437. The van der Waals surface area contributed by atoms with Gasteiger partial charge in [-0.1, -0.05) is 0 Å². The Labute approximate surface area is 121 Å². The highest BCUT2D eigenvalue weighted by atomic mass is 16.6. The maximum Gasteiger partial charge on any atom is 0.308 e. The Morgan fingerprint density at radius 1 is 1.43 bits per heavy atom. The first-order valence-electron chi connectivity index (χ1n) is 6.24. The number of carbonyl (C=O) groups excluding carboxylic acids is 1. The zero-order valence-corrected chi connectivity index (χ0v) is 11.7. The highest BCUT2D eigenvalue weighted by Gasteiger charge is 2.28. The van der Waals surface area contributed by atoms with Gasteiger partial charge in [0.1, 0.15) is 11.9 Å². The summed E-state index contributed by atoms with van der Waals surface area (Å²) in [5.74, 6) is -0.410. The summed E-state index contributed by atoms with van der Waals surface area (Å²) in [5.41, 5.74) is -0.498. The summed E-state index contributed by atoms with van der Waals surface area (Å²) in [6.45, 7) is 1.74. The van der Waals surface area contributed by atoms with Crippen molar-refractivity contribution >= 4 is 11.7 Å². The summed E-state index contributed by atoms with van der Waals surface area (Å²) in [7, 11) is 1.37. The molecule has 116 valence electrons. The number of ether oxygens (including phenoxy) is 2. The number of hydrogen-bond acceptors (Lipinski definition) is 7. The molecule has 2 unspecified atom stereocenters. The third-order valence-corrected chi connectivity index (χ3v) is 2.80. The van der Waals surface area contributed by atoms with E-state index in [0.717, 1.165) is 6.07 Å². The molecule has 0 heterocycles. The Hall–Kier alpha value is -2.19. The third-order valence-electron chi connectivity index (χ3n) is 2.80. The van der Waals surface area contributed by atoms with Crippen molar-refractivity contribution in [2.75, 3.05) is 13.7 Å². The van der Waals surface area contributed by atoms with Crippen LogP contribution in [-0.4, -0.2) is 40.9 Å². The lowest BCUT2D eigenvalue weighted by atomic mass is 10.00. The van der Waals surface area contributed by atoms with E-state index in [2.05, 4.69) is 4.74 Å². The molecule has 1 rings (SSSR count). The lowest BCUT2D eigenvalue weighted by molar-refractivity contribution is -0.386. The summed E-state index contributed by atoms with van der Waals surface area (Å²) < 4.78 is 9.58. The number of hydrogen-bond donors (Lipinski definition) is 2. The summed E-state index contributed by atoms with van der Waals surface area (Å²) in [6.07, 6.45) is -3.59.